The number of pyridine rings is 1. The molecule has 1 saturated heterocycles. The van der Waals surface area contributed by atoms with E-state index in [1.165, 1.54) is 12.3 Å². The molecule has 0 spiro atoms. The van der Waals surface area contributed by atoms with Crippen LogP contribution in [0.2, 0.25) is 0 Å². The van der Waals surface area contributed by atoms with Crippen LogP contribution < -0.4 is 15.8 Å². The number of carbonyl (C=O) groups excluding carboxylic acids is 2. The number of nitrogens with zero attached hydrogens (tertiary/aromatic N) is 5. The average Bonchev–Trinajstić information content (AvgIpc) is 3.07. The Kier molecular flexibility index (Phi) is 7.83. The lowest BCUT2D eigenvalue weighted by Gasteiger charge is -2.35. The van der Waals surface area contributed by atoms with Gasteiger partial charge in [-0.3, -0.25) is 24.5 Å². The van der Waals surface area contributed by atoms with Crippen molar-refractivity contribution in [3.8, 4) is 0 Å². The molecule has 2 heterocycles. The zero-order valence-electron chi connectivity index (χ0n) is 23.6. The summed E-state index contributed by atoms with van der Waals surface area (Å²) in [4.78, 5) is 53.8. The number of para-hydroxylation sites is 2. The van der Waals surface area contributed by atoms with E-state index in [-0.39, 0.29) is 23.6 Å². The molecule has 0 saturated carbocycles. The van der Waals surface area contributed by atoms with Crippen LogP contribution in [0.15, 0.2) is 107 Å². The molecule has 2 amide bonds. The molecule has 220 valence electrons. The Labute approximate surface area is 251 Å². The molecule has 1 aromatic heterocycles. The molecule has 1 aliphatic rings. The van der Waals surface area contributed by atoms with Crippen LogP contribution in [0.25, 0.3) is 21.8 Å². The maximum absolute atomic E-state index is 12.9. The van der Waals surface area contributed by atoms with Crippen LogP contribution in [0.5, 0.6) is 0 Å². The minimum absolute atomic E-state index is 0.0597. The number of carbonyl (C=O) groups is 2. The Morgan fingerprint density at radius 2 is 1.45 bits per heavy atom. The van der Waals surface area contributed by atoms with Gasteiger partial charge in [0.2, 0.25) is 0 Å². The van der Waals surface area contributed by atoms with Crippen molar-refractivity contribution in [1.82, 2.24) is 14.9 Å². The molecule has 0 radical (unpaired) electrons. The van der Waals surface area contributed by atoms with Gasteiger partial charge in [0.05, 0.1) is 22.2 Å². The monoisotopic (exact) mass is 588 g/mol. The molecule has 0 bridgehead atoms. The topological polar surface area (TPSA) is 130 Å². The summed E-state index contributed by atoms with van der Waals surface area (Å²) in [7, 11) is 0. The highest BCUT2D eigenvalue weighted by atomic mass is 16.6. The standard InChI is InChI=1S/C33H28N6O5/c40-31(22-38-27-12-6-4-10-25(27)32(41)26-11-5-7-13-28(26)38)35-34-21-23-14-15-29(30(20-23)39(43)44)36-16-18-37(19-17-36)33(42)24-8-2-1-3-9-24/h1-15,20-21H,16-19,22H2,(H,35,40). The molecule has 4 aromatic carbocycles. The largest absolute Gasteiger partial charge is 0.362 e. The molecule has 1 fully saturated rings. The molecule has 1 N–H and O–H groups in total. The first-order valence-corrected chi connectivity index (χ1v) is 14.1. The predicted molar refractivity (Wildman–Crippen MR) is 169 cm³/mol. The van der Waals surface area contributed by atoms with Crippen LogP contribution in [0.1, 0.15) is 15.9 Å². The second-order valence-corrected chi connectivity index (χ2v) is 10.4. The number of fused-ring (bicyclic) bond motifs is 2. The van der Waals surface area contributed by atoms with E-state index in [0.717, 1.165) is 0 Å². The van der Waals surface area contributed by atoms with Gasteiger partial charge in [-0.2, -0.15) is 5.10 Å². The van der Waals surface area contributed by atoms with Crippen LogP contribution >= 0.6 is 0 Å². The Bertz CT molecular complexity index is 1920. The number of piperazine rings is 1. The third-order valence-corrected chi connectivity index (χ3v) is 7.71. The van der Waals surface area contributed by atoms with Crippen LogP contribution in [-0.4, -0.2) is 58.6 Å². The Hall–Kier alpha value is -5.84. The van der Waals surface area contributed by atoms with Gasteiger partial charge in [-0.25, -0.2) is 5.43 Å². The molecular weight excluding hydrogens is 560 g/mol. The van der Waals surface area contributed by atoms with E-state index in [1.54, 1.807) is 70.1 Å². The van der Waals surface area contributed by atoms with Crippen molar-refractivity contribution in [2.24, 2.45) is 5.10 Å². The van der Waals surface area contributed by atoms with Crippen molar-refractivity contribution in [3.05, 3.63) is 129 Å². The van der Waals surface area contributed by atoms with Gasteiger partial charge in [-0.15, -0.1) is 0 Å². The highest BCUT2D eigenvalue weighted by Gasteiger charge is 2.26. The lowest BCUT2D eigenvalue weighted by atomic mass is 10.1. The van der Waals surface area contributed by atoms with Gasteiger partial charge in [0.1, 0.15) is 12.2 Å². The number of hydrazone groups is 1. The van der Waals surface area contributed by atoms with E-state index in [4.69, 9.17) is 0 Å². The van der Waals surface area contributed by atoms with E-state index in [0.29, 0.717) is 64.8 Å². The molecule has 11 nitrogen and oxygen atoms in total. The summed E-state index contributed by atoms with van der Waals surface area (Å²) >= 11 is 0. The van der Waals surface area contributed by atoms with Crippen molar-refractivity contribution in [2.75, 3.05) is 31.1 Å². The third kappa shape index (κ3) is 5.62. The van der Waals surface area contributed by atoms with E-state index in [1.807, 2.05) is 35.2 Å². The summed E-state index contributed by atoms with van der Waals surface area (Å²) in [6.45, 7) is 1.71. The van der Waals surface area contributed by atoms with Gasteiger partial charge in [0.25, 0.3) is 17.5 Å². The van der Waals surface area contributed by atoms with Crippen LogP contribution in [-0.2, 0) is 11.3 Å². The summed E-state index contributed by atoms with van der Waals surface area (Å²) in [6.07, 6.45) is 1.35. The molecule has 0 unspecified atom stereocenters. The maximum atomic E-state index is 12.9. The number of rotatable bonds is 7. The number of benzene rings is 4. The number of nitro benzene ring substituents is 1. The second kappa shape index (κ2) is 12.2. The summed E-state index contributed by atoms with van der Waals surface area (Å²) < 4.78 is 1.77. The van der Waals surface area contributed by atoms with Gasteiger partial charge >= 0.3 is 0 Å². The fourth-order valence-corrected chi connectivity index (χ4v) is 5.55. The highest BCUT2D eigenvalue weighted by Crippen LogP contribution is 2.30. The number of nitro groups is 1. The van der Waals surface area contributed by atoms with E-state index < -0.39 is 10.8 Å². The smallest absolute Gasteiger partial charge is 0.293 e. The van der Waals surface area contributed by atoms with E-state index >= 15 is 0 Å². The quantitative estimate of drug-likeness (QED) is 0.131. The zero-order valence-corrected chi connectivity index (χ0v) is 23.6. The minimum Gasteiger partial charge on any atom is -0.362 e. The Morgan fingerprint density at radius 3 is 2.09 bits per heavy atom. The normalized spacial score (nSPS) is 13.5. The Morgan fingerprint density at radius 1 is 0.841 bits per heavy atom. The van der Waals surface area contributed by atoms with Crippen LogP contribution in [0, 0.1) is 10.1 Å². The molecule has 6 rings (SSSR count). The number of aromatic nitrogens is 1. The van der Waals surface area contributed by atoms with Crippen molar-refractivity contribution in [2.45, 2.75) is 6.54 Å². The molecule has 0 atom stereocenters. The minimum atomic E-state index is -0.445. The number of nitrogens with one attached hydrogen (secondary N) is 1. The number of amides is 2. The van der Waals surface area contributed by atoms with Gasteiger partial charge in [-0.05, 0) is 42.5 Å². The summed E-state index contributed by atoms with van der Waals surface area (Å²) in [5.41, 5.74) is 5.08. The van der Waals surface area contributed by atoms with Crippen LogP contribution in [0.4, 0.5) is 11.4 Å². The molecule has 11 heteroatoms. The van der Waals surface area contributed by atoms with Gasteiger partial charge in [-0.1, -0.05) is 48.5 Å². The van der Waals surface area contributed by atoms with Gasteiger partial charge in [0, 0.05) is 54.1 Å². The van der Waals surface area contributed by atoms with Crippen molar-refractivity contribution in [1.29, 1.82) is 0 Å². The second-order valence-electron chi connectivity index (χ2n) is 10.4. The highest BCUT2D eigenvalue weighted by molar-refractivity contribution is 5.95. The maximum Gasteiger partial charge on any atom is 0.293 e. The Balaban J connectivity index is 1.14. The zero-order chi connectivity index (χ0) is 30.6. The summed E-state index contributed by atoms with van der Waals surface area (Å²) in [5, 5.41) is 17.0. The number of anilines is 1. The molecular formula is C33H28N6O5. The molecule has 0 aliphatic carbocycles. The first kappa shape index (κ1) is 28.3. The SMILES string of the molecule is O=C(Cn1c2ccccc2c(=O)c2ccccc21)NN=Cc1ccc(N2CCN(C(=O)c3ccccc3)CC2)c([N+](=O)[O-])c1. The first-order chi connectivity index (χ1) is 21.4. The molecule has 1 aliphatic heterocycles. The number of hydrogen-bond donors (Lipinski definition) is 1. The summed E-state index contributed by atoms with van der Waals surface area (Å²) in [6, 6.07) is 28.0. The van der Waals surface area contributed by atoms with Crippen molar-refractivity contribution in [3.63, 3.8) is 0 Å². The summed E-state index contributed by atoms with van der Waals surface area (Å²) in [5.74, 6) is -0.482. The fourth-order valence-electron chi connectivity index (χ4n) is 5.55. The lowest BCUT2D eigenvalue weighted by Crippen LogP contribution is -2.49. The first-order valence-electron chi connectivity index (χ1n) is 14.1. The molecule has 44 heavy (non-hydrogen) atoms. The van der Waals surface area contributed by atoms with Gasteiger partial charge < -0.3 is 14.4 Å². The predicted octanol–water partition coefficient (Wildman–Crippen LogP) is 4.18. The van der Waals surface area contributed by atoms with E-state index in [2.05, 4.69) is 10.5 Å². The van der Waals surface area contributed by atoms with E-state index in [9.17, 15) is 24.5 Å². The van der Waals surface area contributed by atoms with Gasteiger partial charge in [0.15, 0.2) is 5.43 Å². The fraction of sp³-hybridized carbons (Fsp3) is 0.152. The molecule has 5 aromatic rings. The lowest BCUT2D eigenvalue weighted by molar-refractivity contribution is -0.384. The number of hydrogen-bond acceptors (Lipinski definition) is 7. The van der Waals surface area contributed by atoms with Crippen molar-refractivity contribution < 1.29 is 14.5 Å². The van der Waals surface area contributed by atoms with Crippen molar-refractivity contribution >= 4 is 51.2 Å². The average molecular weight is 589 g/mol. The third-order valence-electron chi connectivity index (χ3n) is 7.71. The van der Waals surface area contributed by atoms with Crippen LogP contribution in [0.3, 0.4) is 0 Å².